The third-order valence-corrected chi connectivity index (χ3v) is 7.24. The maximum Gasteiger partial charge on any atom is 0.168 e. The van der Waals surface area contributed by atoms with Gasteiger partial charge in [0.15, 0.2) is 5.78 Å². The van der Waals surface area contributed by atoms with Crippen molar-refractivity contribution in [2.24, 2.45) is 11.3 Å². The van der Waals surface area contributed by atoms with Crippen LogP contribution < -0.4 is 0 Å². The van der Waals surface area contributed by atoms with Gasteiger partial charge in [-0.3, -0.25) is 4.79 Å². The van der Waals surface area contributed by atoms with E-state index in [2.05, 4.69) is 13.8 Å². The van der Waals surface area contributed by atoms with E-state index in [0.717, 1.165) is 56.1 Å². The number of hydrogen-bond acceptors (Lipinski definition) is 3. The van der Waals surface area contributed by atoms with Crippen LogP contribution in [-0.2, 0) is 37.4 Å². The summed E-state index contributed by atoms with van der Waals surface area (Å²) >= 11 is 6.53. The van der Waals surface area contributed by atoms with Crippen molar-refractivity contribution in [3.05, 3.63) is 42.3 Å². The first-order chi connectivity index (χ1) is 13.5. The fourth-order valence-corrected chi connectivity index (χ4v) is 5.41. The van der Waals surface area contributed by atoms with E-state index in [1.807, 2.05) is 24.3 Å². The molecule has 0 aliphatic heterocycles. The number of aliphatic hydroxyl groups excluding tert-OH is 1. The molecule has 2 fully saturated rings. The Kier molecular flexibility index (Phi) is 10.3. The van der Waals surface area contributed by atoms with E-state index in [-0.39, 0.29) is 55.3 Å². The summed E-state index contributed by atoms with van der Waals surface area (Å²) in [5, 5.41) is 10.5. The summed E-state index contributed by atoms with van der Waals surface area (Å²) < 4.78 is 5.79. The van der Waals surface area contributed by atoms with Gasteiger partial charge in [0.05, 0.1) is 12.7 Å². The van der Waals surface area contributed by atoms with Crippen molar-refractivity contribution >= 4 is 17.4 Å². The molecule has 29 heavy (non-hydrogen) atoms. The number of carbonyl (C=O) groups excluding carboxylic acids is 1. The molecule has 1 aromatic carbocycles. The maximum atomic E-state index is 13.1. The molecular weight excluding hydrogens is 461 g/mol. The van der Waals surface area contributed by atoms with Crippen molar-refractivity contribution in [3.8, 4) is 0 Å². The molecule has 1 aromatic rings. The Bertz CT molecular complexity index is 644. The summed E-state index contributed by atoms with van der Waals surface area (Å²) in [4.78, 5) is 13.1. The average Bonchev–Trinajstić information content (AvgIpc) is 2.94. The van der Waals surface area contributed by atoms with Crippen molar-refractivity contribution in [3.63, 3.8) is 0 Å². The average molecular weight is 495 g/mol. The van der Waals surface area contributed by atoms with Gasteiger partial charge in [0.25, 0.3) is 0 Å². The summed E-state index contributed by atoms with van der Waals surface area (Å²) in [6.07, 6.45) is 7.12. The molecule has 4 atom stereocenters. The van der Waals surface area contributed by atoms with Gasteiger partial charge in [-0.25, -0.2) is 0 Å². The Balaban J connectivity index is 0.00000300. The van der Waals surface area contributed by atoms with E-state index in [4.69, 9.17) is 16.3 Å². The smallest absolute Gasteiger partial charge is 0.168 e. The molecule has 2 unspecified atom stereocenters. The number of benzene rings is 1. The molecule has 3 nitrogen and oxygen atoms in total. The van der Waals surface area contributed by atoms with Gasteiger partial charge in [0, 0.05) is 67.5 Å². The molecule has 2 aliphatic rings. The van der Waals surface area contributed by atoms with Crippen LogP contribution in [0, 0.1) is 18.3 Å². The molecule has 159 valence electrons. The van der Waals surface area contributed by atoms with Crippen LogP contribution in [0.1, 0.15) is 80.1 Å². The number of hydrogen-bond donors (Lipinski definition) is 1. The summed E-state index contributed by atoms with van der Waals surface area (Å²) in [6, 6.07) is 7.92. The first-order valence-electron chi connectivity index (χ1n) is 10.9. The Morgan fingerprint density at radius 1 is 1.31 bits per heavy atom. The number of ketones is 1. The monoisotopic (exact) mass is 494 g/mol. The largest absolute Gasteiger partial charge is 0.392 e. The predicted molar refractivity (Wildman–Crippen MR) is 114 cm³/mol. The molecule has 2 aliphatic carbocycles. The molecule has 0 spiro atoms. The van der Waals surface area contributed by atoms with Crippen LogP contribution in [-0.4, -0.2) is 35.6 Å². The van der Waals surface area contributed by atoms with Crippen molar-refractivity contribution < 1.29 is 47.3 Å². The number of ether oxygens (including phenoxy) is 1. The predicted octanol–water partition coefficient (Wildman–Crippen LogP) is 5.54. The number of Topliss-reactive ketones (excluding diaryl/α,β-unsaturated/α-hetero) is 1. The van der Waals surface area contributed by atoms with Gasteiger partial charge in [-0.2, -0.15) is 6.42 Å². The topological polar surface area (TPSA) is 46.5 Å². The molecule has 5 heteroatoms. The Hall–Kier alpha value is 0.204. The molecule has 0 saturated heterocycles. The second kappa shape index (κ2) is 11.7. The van der Waals surface area contributed by atoms with Crippen molar-refractivity contribution in [2.45, 2.75) is 75.7 Å². The second-order valence-electron chi connectivity index (χ2n) is 8.63. The molecule has 0 amide bonds. The zero-order chi connectivity index (χ0) is 20.1. The van der Waals surface area contributed by atoms with Crippen LogP contribution in [0.4, 0.5) is 0 Å². The van der Waals surface area contributed by atoms with Gasteiger partial charge in [-0.05, 0) is 31.2 Å². The molecule has 0 aromatic heterocycles. The normalized spacial score (nSPS) is 27.9. The quantitative estimate of drug-likeness (QED) is 0.201. The standard InChI is InChI=1S/C24H34ClO3.Y/c1-3-5-14-28-16-19-20(25)15-21(26)22(19)17-7-9-18(10-8-17)23(27)24(11-4-2)12-6-13-24;/h7-10,19-22,26H,1,3-6,11-16H2,2H3;/q-1;/t19?,20-,21-,22?;/m1./s1. The Morgan fingerprint density at radius 2 is 2.00 bits per heavy atom. The summed E-state index contributed by atoms with van der Waals surface area (Å²) in [5.41, 5.74) is 1.72. The molecule has 0 bridgehead atoms. The van der Waals surface area contributed by atoms with E-state index >= 15 is 0 Å². The summed E-state index contributed by atoms with van der Waals surface area (Å²) in [6.45, 7) is 7.22. The number of alkyl halides is 1. The van der Waals surface area contributed by atoms with Gasteiger partial charge in [-0.1, -0.05) is 50.5 Å². The number of halogens is 1. The minimum Gasteiger partial charge on any atom is -0.392 e. The van der Waals surface area contributed by atoms with Crippen LogP contribution in [0.3, 0.4) is 0 Å². The molecule has 0 heterocycles. The molecule has 1 N–H and O–H groups in total. The van der Waals surface area contributed by atoms with Gasteiger partial charge in [0.2, 0.25) is 0 Å². The van der Waals surface area contributed by atoms with Crippen LogP contribution in [0.15, 0.2) is 24.3 Å². The molecule has 2 saturated carbocycles. The van der Waals surface area contributed by atoms with E-state index in [0.29, 0.717) is 25.4 Å². The number of unbranched alkanes of at least 4 members (excludes halogenated alkanes) is 1. The van der Waals surface area contributed by atoms with E-state index in [1.54, 1.807) is 0 Å². The van der Waals surface area contributed by atoms with Crippen LogP contribution >= 0.6 is 11.6 Å². The minimum absolute atomic E-state index is 0. The second-order valence-corrected chi connectivity index (χ2v) is 9.19. The van der Waals surface area contributed by atoms with E-state index in [1.165, 1.54) is 0 Å². The first kappa shape index (κ1) is 25.5. The van der Waals surface area contributed by atoms with Crippen molar-refractivity contribution in [1.29, 1.82) is 0 Å². The molecule has 3 rings (SSSR count). The van der Waals surface area contributed by atoms with Gasteiger partial charge in [-0.15, -0.1) is 11.6 Å². The molecule has 1 radical (unpaired) electrons. The van der Waals surface area contributed by atoms with E-state index < -0.39 is 6.10 Å². The summed E-state index contributed by atoms with van der Waals surface area (Å²) in [5.74, 6) is 0.336. The van der Waals surface area contributed by atoms with Crippen LogP contribution in [0.25, 0.3) is 0 Å². The van der Waals surface area contributed by atoms with E-state index in [9.17, 15) is 9.90 Å². The Labute approximate surface area is 206 Å². The third-order valence-electron chi connectivity index (χ3n) is 6.73. The number of aliphatic hydroxyl groups is 1. The van der Waals surface area contributed by atoms with Crippen molar-refractivity contribution in [2.75, 3.05) is 13.2 Å². The SMILES string of the molecule is [CH2-]CCCOCC1C(c2ccc(C(=O)C3(CCC)CCC3)cc2)[C@H](O)C[C@H]1Cl.[Y]. The first-order valence-corrected chi connectivity index (χ1v) is 11.3. The third kappa shape index (κ3) is 5.72. The van der Waals surface area contributed by atoms with Gasteiger partial charge < -0.3 is 16.8 Å². The van der Waals surface area contributed by atoms with Gasteiger partial charge >= 0.3 is 0 Å². The zero-order valence-electron chi connectivity index (χ0n) is 17.6. The Morgan fingerprint density at radius 3 is 2.55 bits per heavy atom. The van der Waals surface area contributed by atoms with Gasteiger partial charge in [0.1, 0.15) is 0 Å². The minimum atomic E-state index is -0.469. The number of carbonyl (C=O) groups is 1. The maximum absolute atomic E-state index is 13.1. The number of rotatable bonds is 10. The molecular formula is C24H34ClO3Y-. The fraction of sp³-hybridized carbons (Fsp3) is 0.667. The van der Waals surface area contributed by atoms with Crippen LogP contribution in [0.5, 0.6) is 0 Å². The van der Waals surface area contributed by atoms with Crippen molar-refractivity contribution in [1.82, 2.24) is 0 Å². The zero-order valence-corrected chi connectivity index (χ0v) is 21.2. The van der Waals surface area contributed by atoms with Crippen LogP contribution in [0.2, 0.25) is 0 Å². The summed E-state index contributed by atoms with van der Waals surface area (Å²) in [7, 11) is 0. The fourth-order valence-electron chi connectivity index (χ4n) is 5.00.